The number of amides is 2. The van der Waals surface area contributed by atoms with Gasteiger partial charge < -0.3 is 14.6 Å². The second kappa shape index (κ2) is 6.91. The van der Waals surface area contributed by atoms with Gasteiger partial charge in [-0.15, -0.1) is 0 Å². The van der Waals surface area contributed by atoms with Gasteiger partial charge in [0.25, 0.3) is 5.91 Å². The fraction of sp³-hybridized carbons (Fsp3) is 0.368. The van der Waals surface area contributed by atoms with Gasteiger partial charge in [-0.1, -0.05) is 24.3 Å². The third kappa shape index (κ3) is 3.50. The summed E-state index contributed by atoms with van der Waals surface area (Å²) in [6.07, 6.45) is 1.07. The van der Waals surface area contributed by atoms with Gasteiger partial charge in [0.2, 0.25) is 5.91 Å². The highest BCUT2D eigenvalue weighted by Crippen LogP contribution is 2.22. The molecule has 0 radical (unpaired) electrons. The van der Waals surface area contributed by atoms with Crippen LogP contribution in [0.3, 0.4) is 0 Å². The largest absolute Gasteiger partial charge is 0.466 e. The van der Waals surface area contributed by atoms with E-state index in [-0.39, 0.29) is 11.8 Å². The molecule has 5 heteroatoms. The lowest BCUT2D eigenvalue weighted by Gasteiger charge is -2.15. The number of carbonyl (C=O) groups is 2. The monoisotopic (exact) mass is 326 g/mol. The van der Waals surface area contributed by atoms with Crippen LogP contribution in [0.25, 0.3) is 0 Å². The number of nitrogens with zero attached hydrogens (tertiary/aromatic N) is 1. The highest BCUT2D eigenvalue weighted by molar-refractivity contribution is 5.95. The van der Waals surface area contributed by atoms with Gasteiger partial charge in [0, 0.05) is 26.1 Å². The molecule has 5 nitrogen and oxygen atoms in total. The third-order valence-electron chi connectivity index (χ3n) is 4.33. The zero-order valence-electron chi connectivity index (χ0n) is 14.1. The van der Waals surface area contributed by atoms with Crippen LogP contribution in [0.15, 0.2) is 34.7 Å². The molecule has 2 heterocycles. The molecule has 1 N–H and O–H groups in total. The maximum atomic E-state index is 12.3. The fourth-order valence-corrected chi connectivity index (χ4v) is 3.06. The van der Waals surface area contributed by atoms with E-state index in [1.165, 1.54) is 11.1 Å². The van der Waals surface area contributed by atoms with E-state index in [0.717, 1.165) is 5.76 Å². The number of rotatable bonds is 5. The molecule has 24 heavy (non-hydrogen) atoms. The summed E-state index contributed by atoms with van der Waals surface area (Å²) < 4.78 is 5.36. The summed E-state index contributed by atoms with van der Waals surface area (Å²) in [4.78, 5) is 26.2. The van der Waals surface area contributed by atoms with Crippen molar-refractivity contribution in [1.82, 2.24) is 10.2 Å². The Labute approximate surface area is 141 Å². The number of hydrogen-bond donors (Lipinski definition) is 1. The summed E-state index contributed by atoms with van der Waals surface area (Å²) in [6.45, 7) is 5.45. The van der Waals surface area contributed by atoms with E-state index in [0.29, 0.717) is 43.8 Å². The molecule has 1 aromatic heterocycles. The lowest BCUT2D eigenvalue weighted by atomic mass is 10.1. The SMILES string of the molecule is Cc1cc(C(=O)NCCCC(=O)N2Cc3ccccc3C2)c(C)o1. The minimum absolute atomic E-state index is 0.135. The zero-order valence-corrected chi connectivity index (χ0v) is 14.1. The summed E-state index contributed by atoms with van der Waals surface area (Å²) in [7, 11) is 0. The molecule has 1 aliphatic rings. The highest BCUT2D eigenvalue weighted by atomic mass is 16.3. The first-order chi connectivity index (χ1) is 11.5. The Hall–Kier alpha value is -2.56. The maximum Gasteiger partial charge on any atom is 0.254 e. The van der Waals surface area contributed by atoms with Crippen molar-refractivity contribution in [3.05, 3.63) is 58.5 Å². The molecule has 0 aliphatic carbocycles. The van der Waals surface area contributed by atoms with Crippen LogP contribution in [0.2, 0.25) is 0 Å². The van der Waals surface area contributed by atoms with Crippen LogP contribution in [-0.2, 0) is 17.9 Å². The van der Waals surface area contributed by atoms with Crippen molar-refractivity contribution in [3.8, 4) is 0 Å². The molecule has 0 spiro atoms. The second-order valence-electron chi connectivity index (χ2n) is 6.20. The zero-order chi connectivity index (χ0) is 17.1. The summed E-state index contributed by atoms with van der Waals surface area (Å²) in [5.74, 6) is 1.33. The molecule has 0 bridgehead atoms. The molecule has 0 unspecified atom stereocenters. The van der Waals surface area contributed by atoms with Crippen molar-refractivity contribution in [3.63, 3.8) is 0 Å². The van der Waals surface area contributed by atoms with Gasteiger partial charge in [-0.2, -0.15) is 0 Å². The lowest BCUT2D eigenvalue weighted by Crippen LogP contribution is -2.28. The first kappa shape index (κ1) is 16.3. The Balaban J connectivity index is 1.42. The molecular weight excluding hydrogens is 304 g/mol. The summed E-state index contributed by atoms with van der Waals surface area (Å²) in [6, 6.07) is 9.87. The summed E-state index contributed by atoms with van der Waals surface area (Å²) in [5.41, 5.74) is 3.02. The van der Waals surface area contributed by atoms with E-state index in [2.05, 4.69) is 17.4 Å². The number of fused-ring (bicyclic) bond motifs is 1. The van der Waals surface area contributed by atoms with Crippen LogP contribution in [0.4, 0.5) is 0 Å². The van der Waals surface area contributed by atoms with E-state index in [4.69, 9.17) is 4.42 Å². The van der Waals surface area contributed by atoms with E-state index in [9.17, 15) is 9.59 Å². The summed E-state index contributed by atoms with van der Waals surface area (Å²) >= 11 is 0. The number of carbonyl (C=O) groups excluding carboxylic acids is 2. The Morgan fingerprint density at radius 2 is 1.83 bits per heavy atom. The van der Waals surface area contributed by atoms with Gasteiger partial charge in [0.15, 0.2) is 0 Å². The first-order valence-electron chi connectivity index (χ1n) is 8.24. The standard InChI is InChI=1S/C19H22N2O3/c1-13-10-17(14(2)24-13)19(23)20-9-5-8-18(22)21-11-15-6-3-4-7-16(15)12-21/h3-4,6-7,10H,5,8-9,11-12H2,1-2H3,(H,20,23). The molecule has 126 valence electrons. The fourth-order valence-electron chi connectivity index (χ4n) is 3.06. The predicted octanol–water partition coefficient (Wildman–Crippen LogP) is 2.95. The number of aryl methyl sites for hydroxylation is 2. The van der Waals surface area contributed by atoms with E-state index >= 15 is 0 Å². The molecular formula is C19H22N2O3. The van der Waals surface area contributed by atoms with Gasteiger partial charge >= 0.3 is 0 Å². The molecule has 1 aliphatic heterocycles. The molecule has 1 aromatic carbocycles. The third-order valence-corrected chi connectivity index (χ3v) is 4.33. The van der Waals surface area contributed by atoms with Crippen LogP contribution in [-0.4, -0.2) is 23.3 Å². The number of hydrogen-bond acceptors (Lipinski definition) is 3. The summed E-state index contributed by atoms with van der Waals surface area (Å²) in [5, 5.41) is 2.85. The van der Waals surface area contributed by atoms with Gasteiger partial charge in [-0.25, -0.2) is 0 Å². The molecule has 0 saturated heterocycles. The highest BCUT2D eigenvalue weighted by Gasteiger charge is 2.22. The van der Waals surface area contributed by atoms with Gasteiger partial charge in [0.1, 0.15) is 11.5 Å². The smallest absolute Gasteiger partial charge is 0.254 e. The normalized spacial score (nSPS) is 13.0. The minimum atomic E-state index is -0.148. The van der Waals surface area contributed by atoms with E-state index in [1.54, 1.807) is 13.0 Å². The van der Waals surface area contributed by atoms with Crippen LogP contribution < -0.4 is 5.32 Å². The van der Waals surface area contributed by atoms with Crippen molar-refractivity contribution in [2.75, 3.05) is 6.54 Å². The Kier molecular flexibility index (Phi) is 4.69. The molecule has 3 rings (SSSR count). The number of furan rings is 1. The van der Waals surface area contributed by atoms with Crippen molar-refractivity contribution in [2.45, 2.75) is 39.8 Å². The number of nitrogens with one attached hydrogen (secondary N) is 1. The second-order valence-corrected chi connectivity index (χ2v) is 6.20. The molecule has 2 aromatic rings. The van der Waals surface area contributed by atoms with Crippen LogP contribution in [0.1, 0.15) is 45.8 Å². The van der Waals surface area contributed by atoms with Crippen LogP contribution in [0.5, 0.6) is 0 Å². The Morgan fingerprint density at radius 3 is 2.42 bits per heavy atom. The van der Waals surface area contributed by atoms with Gasteiger partial charge in [-0.05, 0) is 37.5 Å². The number of benzene rings is 1. The van der Waals surface area contributed by atoms with Crippen molar-refractivity contribution in [2.24, 2.45) is 0 Å². The van der Waals surface area contributed by atoms with Crippen molar-refractivity contribution < 1.29 is 14.0 Å². The van der Waals surface area contributed by atoms with Gasteiger partial charge in [-0.3, -0.25) is 9.59 Å². The molecule has 0 atom stereocenters. The Bertz CT molecular complexity index is 739. The molecule has 0 saturated carbocycles. The Morgan fingerprint density at radius 1 is 1.17 bits per heavy atom. The van der Waals surface area contributed by atoms with E-state index in [1.807, 2.05) is 24.0 Å². The van der Waals surface area contributed by atoms with Crippen molar-refractivity contribution in [1.29, 1.82) is 0 Å². The van der Waals surface area contributed by atoms with Crippen LogP contribution >= 0.6 is 0 Å². The lowest BCUT2D eigenvalue weighted by molar-refractivity contribution is -0.131. The quantitative estimate of drug-likeness (QED) is 0.859. The van der Waals surface area contributed by atoms with Crippen molar-refractivity contribution >= 4 is 11.8 Å². The topological polar surface area (TPSA) is 62.6 Å². The average Bonchev–Trinajstić information content (AvgIpc) is 3.14. The molecule has 0 fully saturated rings. The first-order valence-corrected chi connectivity index (χ1v) is 8.24. The van der Waals surface area contributed by atoms with Gasteiger partial charge in [0.05, 0.1) is 5.56 Å². The average molecular weight is 326 g/mol. The van der Waals surface area contributed by atoms with E-state index < -0.39 is 0 Å². The maximum absolute atomic E-state index is 12.3. The molecule has 2 amide bonds. The predicted molar refractivity (Wildman–Crippen MR) is 90.4 cm³/mol. The van der Waals surface area contributed by atoms with Crippen LogP contribution in [0, 0.1) is 13.8 Å². The minimum Gasteiger partial charge on any atom is -0.466 e.